The molecule has 26 heavy (non-hydrogen) atoms. The minimum absolute atomic E-state index is 0.113. The highest BCUT2D eigenvalue weighted by Crippen LogP contribution is 2.17. The van der Waals surface area contributed by atoms with Crippen LogP contribution in [0.25, 0.3) is 0 Å². The lowest BCUT2D eigenvalue weighted by Crippen LogP contribution is -2.16. The molecule has 0 bridgehead atoms. The summed E-state index contributed by atoms with van der Waals surface area (Å²) in [6.07, 6.45) is 0. The molecule has 0 aliphatic heterocycles. The minimum Gasteiger partial charge on any atom is -0.476 e. The van der Waals surface area contributed by atoms with Crippen LogP contribution in [0.4, 0.5) is 5.82 Å². The molecule has 1 heterocycles. The summed E-state index contributed by atoms with van der Waals surface area (Å²) in [7, 11) is 0. The summed E-state index contributed by atoms with van der Waals surface area (Å²) in [5, 5.41) is 16.1. The molecule has 3 rings (SSSR count). The summed E-state index contributed by atoms with van der Waals surface area (Å²) in [4.78, 5) is 23.8. The van der Waals surface area contributed by atoms with E-state index in [0.29, 0.717) is 17.9 Å². The Kier molecular flexibility index (Phi) is 4.84. The van der Waals surface area contributed by atoms with Crippen molar-refractivity contribution in [2.24, 2.45) is 0 Å². The molecule has 0 fully saturated rings. The van der Waals surface area contributed by atoms with Gasteiger partial charge in [-0.2, -0.15) is 5.10 Å². The van der Waals surface area contributed by atoms with E-state index < -0.39 is 5.97 Å². The number of benzene rings is 2. The van der Waals surface area contributed by atoms with E-state index in [2.05, 4.69) is 10.4 Å². The first-order chi connectivity index (χ1) is 12.4. The molecule has 0 atom stereocenters. The summed E-state index contributed by atoms with van der Waals surface area (Å²) in [6.45, 7) is 4.28. The SMILES string of the molecule is Cc1ccc(C(=O)Nc2cc(C(=O)O)nn2Cc2ccccc2C)cc1. The molecule has 1 aromatic heterocycles. The van der Waals surface area contributed by atoms with Gasteiger partial charge >= 0.3 is 5.97 Å². The molecule has 0 saturated carbocycles. The lowest BCUT2D eigenvalue weighted by atomic mass is 10.1. The van der Waals surface area contributed by atoms with Crippen LogP contribution in [0.2, 0.25) is 0 Å². The van der Waals surface area contributed by atoms with Gasteiger partial charge in [-0.3, -0.25) is 4.79 Å². The van der Waals surface area contributed by atoms with Crippen LogP contribution in [0.1, 0.15) is 37.5 Å². The highest BCUT2D eigenvalue weighted by atomic mass is 16.4. The van der Waals surface area contributed by atoms with Gasteiger partial charge in [0.15, 0.2) is 5.69 Å². The van der Waals surface area contributed by atoms with Crippen molar-refractivity contribution in [3.63, 3.8) is 0 Å². The van der Waals surface area contributed by atoms with E-state index in [1.807, 2.05) is 50.2 Å². The van der Waals surface area contributed by atoms with Crippen molar-refractivity contribution in [1.29, 1.82) is 0 Å². The van der Waals surface area contributed by atoms with Crippen LogP contribution in [0, 0.1) is 13.8 Å². The van der Waals surface area contributed by atoms with Crippen molar-refractivity contribution in [3.8, 4) is 0 Å². The van der Waals surface area contributed by atoms with Gasteiger partial charge in [0.2, 0.25) is 0 Å². The second-order valence-corrected chi connectivity index (χ2v) is 6.12. The van der Waals surface area contributed by atoms with Crippen LogP contribution in [-0.2, 0) is 6.54 Å². The number of carboxylic acids is 1. The van der Waals surface area contributed by atoms with Crippen molar-refractivity contribution in [3.05, 3.63) is 82.5 Å². The van der Waals surface area contributed by atoms with Crippen LogP contribution < -0.4 is 5.32 Å². The molecule has 0 radical (unpaired) electrons. The highest BCUT2D eigenvalue weighted by molar-refractivity contribution is 6.04. The van der Waals surface area contributed by atoms with Crippen molar-refractivity contribution in [2.45, 2.75) is 20.4 Å². The monoisotopic (exact) mass is 349 g/mol. The zero-order valence-electron chi connectivity index (χ0n) is 14.6. The smallest absolute Gasteiger partial charge is 0.356 e. The number of aryl methyl sites for hydroxylation is 2. The molecule has 0 spiro atoms. The quantitative estimate of drug-likeness (QED) is 0.738. The minimum atomic E-state index is -1.14. The van der Waals surface area contributed by atoms with E-state index in [-0.39, 0.29) is 11.6 Å². The fourth-order valence-electron chi connectivity index (χ4n) is 2.58. The average Bonchev–Trinajstić information content (AvgIpc) is 3.00. The molecule has 0 aliphatic rings. The van der Waals surface area contributed by atoms with Crippen LogP contribution in [0.3, 0.4) is 0 Å². The molecule has 0 unspecified atom stereocenters. The van der Waals surface area contributed by atoms with E-state index in [4.69, 9.17) is 0 Å². The second-order valence-electron chi connectivity index (χ2n) is 6.12. The Morgan fingerprint density at radius 2 is 1.77 bits per heavy atom. The summed E-state index contributed by atoms with van der Waals surface area (Å²) in [5.74, 6) is -1.11. The Bertz CT molecular complexity index is 959. The number of aromatic nitrogens is 2. The second kappa shape index (κ2) is 7.23. The largest absolute Gasteiger partial charge is 0.476 e. The van der Waals surface area contributed by atoms with Gasteiger partial charge < -0.3 is 10.4 Å². The topological polar surface area (TPSA) is 84.2 Å². The fourth-order valence-corrected chi connectivity index (χ4v) is 2.58. The van der Waals surface area contributed by atoms with Gasteiger partial charge in [-0.1, -0.05) is 42.0 Å². The molecular formula is C20H19N3O3. The third-order valence-corrected chi connectivity index (χ3v) is 4.14. The molecule has 0 saturated heterocycles. The third kappa shape index (κ3) is 3.80. The van der Waals surface area contributed by atoms with E-state index in [1.54, 1.807) is 12.1 Å². The number of anilines is 1. The zero-order chi connectivity index (χ0) is 18.7. The maximum absolute atomic E-state index is 12.5. The zero-order valence-corrected chi connectivity index (χ0v) is 14.6. The number of hydrogen-bond donors (Lipinski definition) is 2. The predicted octanol–water partition coefficient (Wildman–Crippen LogP) is 3.50. The van der Waals surface area contributed by atoms with E-state index in [0.717, 1.165) is 16.7 Å². The van der Waals surface area contributed by atoms with Gasteiger partial charge in [0.1, 0.15) is 5.82 Å². The molecule has 3 aromatic rings. The normalized spacial score (nSPS) is 10.5. The number of nitrogens with one attached hydrogen (secondary N) is 1. The third-order valence-electron chi connectivity index (χ3n) is 4.14. The number of carboxylic acid groups (broad SMARTS) is 1. The molecule has 132 valence electrons. The average molecular weight is 349 g/mol. The van der Waals surface area contributed by atoms with E-state index in [9.17, 15) is 14.7 Å². The molecule has 2 N–H and O–H groups in total. The van der Waals surface area contributed by atoms with E-state index in [1.165, 1.54) is 10.7 Å². The highest BCUT2D eigenvalue weighted by Gasteiger charge is 2.16. The molecule has 1 amide bonds. The van der Waals surface area contributed by atoms with Crippen LogP contribution in [-0.4, -0.2) is 26.8 Å². The van der Waals surface area contributed by atoms with Gasteiger partial charge in [-0.05, 0) is 37.1 Å². The Morgan fingerprint density at radius 3 is 2.42 bits per heavy atom. The van der Waals surface area contributed by atoms with Crippen molar-refractivity contribution < 1.29 is 14.7 Å². The molecule has 6 nitrogen and oxygen atoms in total. The Labute approximate surface area is 151 Å². The Hall–Kier alpha value is -3.41. The lowest BCUT2D eigenvalue weighted by Gasteiger charge is -2.11. The van der Waals surface area contributed by atoms with Gasteiger partial charge in [0, 0.05) is 11.6 Å². The van der Waals surface area contributed by atoms with Gasteiger partial charge in [-0.15, -0.1) is 0 Å². The Morgan fingerprint density at radius 1 is 1.08 bits per heavy atom. The maximum Gasteiger partial charge on any atom is 0.356 e. The van der Waals surface area contributed by atoms with Crippen LogP contribution in [0.5, 0.6) is 0 Å². The summed E-state index contributed by atoms with van der Waals surface area (Å²) in [6, 6.07) is 16.3. The first-order valence-corrected chi connectivity index (χ1v) is 8.17. The number of amides is 1. The number of aromatic carboxylic acids is 1. The number of carbonyl (C=O) groups excluding carboxylic acids is 1. The van der Waals surface area contributed by atoms with Crippen LogP contribution >= 0.6 is 0 Å². The molecule has 2 aromatic carbocycles. The first-order valence-electron chi connectivity index (χ1n) is 8.17. The lowest BCUT2D eigenvalue weighted by molar-refractivity contribution is 0.0689. The van der Waals surface area contributed by atoms with Gasteiger partial charge in [0.25, 0.3) is 5.91 Å². The summed E-state index contributed by atoms with van der Waals surface area (Å²) < 4.78 is 1.50. The molecule has 6 heteroatoms. The standard InChI is InChI=1S/C20H19N3O3/c1-13-7-9-15(10-8-13)19(24)21-18-11-17(20(25)26)22-23(18)12-16-6-4-3-5-14(16)2/h3-11H,12H2,1-2H3,(H,21,24)(H,25,26). The van der Waals surface area contributed by atoms with E-state index >= 15 is 0 Å². The van der Waals surface area contributed by atoms with Crippen molar-refractivity contribution >= 4 is 17.7 Å². The molecular weight excluding hydrogens is 330 g/mol. The maximum atomic E-state index is 12.5. The first kappa shape index (κ1) is 17.4. The Balaban J connectivity index is 1.90. The number of nitrogens with zero attached hydrogens (tertiary/aromatic N) is 2. The van der Waals surface area contributed by atoms with Crippen LogP contribution in [0.15, 0.2) is 54.6 Å². The summed E-state index contributed by atoms with van der Waals surface area (Å²) in [5.41, 5.74) is 3.50. The van der Waals surface area contributed by atoms with Gasteiger partial charge in [-0.25, -0.2) is 9.48 Å². The number of carbonyl (C=O) groups is 2. The summed E-state index contributed by atoms with van der Waals surface area (Å²) >= 11 is 0. The number of hydrogen-bond acceptors (Lipinski definition) is 3. The van der Waals surface area contributed by atoms with Crippen molar-refractivity contribution in [1.82, 2.24) is 9.78 Å². The van der Waals surface area contributed by atoms with Crippen molar-refractivity contribution in [2.75, 3.05) is 5.32 Å². The number of rotatable bonds is 5. The fraction of sp³-hybridized carbons (Fsp3) is 0.150. The van der Waals surface area contributed by atoms with Gasteiger partial charge in [0.05, 0.1) is 6.54 Å². The predicted molar refractivity (Wildman–Crippen MR) is 98.6 cm³/mol. The molecule has 0 aliphatic carbocycles.